The van der Waals surface area contributed by atoms with Crippen LogP contribution in [-0.4, -0.2) is 37.7 Å². The van der Waals surface area contributed by atoms with E-state index >= 15 is 0 Å². The molecule has 3 aromatic rings. The molecule has 0 bridgehead atoms. The van der Waals surface area contributed by atoms with Gasteiger partial charge in [-0.1, -0.05) is 18.2 Å². The van der Waals surface area contributed by atoms with Gasteiger partial charge >= 0.3 is 5.97 Å². The topological polar surface area (TPSA) is 65.1 Å². The minimum atomic E-state index is -0.863. The van der Waals surface area contributed by atoms with Gasteiger partial charge in [0.05, 0.1) is 0 Å². The third-order valence-corrected chi connectivity index (χ3v) is 6.53. The first-order chi connectivity index (χ1) is 15.1. The van der Waals surface area contributed by atoms with Crippen molar-refractivity contribution in [2.24, 2.45) is 0 Å². The molecule has 2 aliphatic heterocycles. The molecular formula is C24H21NO5S. The molecular weight excluding hydrogens is 414 g/mol. The third kappa shape index (κ3) is 3.77. The van der Waals surface area contributed by atoms with Gasteiger partial charge in [-0.05, 0) is 60.9 Å². The first kappa shape index (κ1) is 19.6. The van der Waals surface area contributed by atoms with E-state index < -0.39 is 12.1 Å². The van der Waals surface area contributed by atoms with Crippen molar-refractivity contribution in [1.82, 2.24) is 0 Å². The van der Waals surface area contributed by atoms with Gasteiger partial charge in [-0.3, -0.25) is 4.79 Å². The van der Waals surface area contributed by atoms with Crippen LogP contribution >= 0.6 is 11.3 Å². The molecule has 1 unspecified atom stereocenters. The van der Waals surface area contributed by atoms with Crippen molar-refractivity contribution in [3.8, 4) is 21.9 Å². The van der Waals surface area contributed by atoms with Crippen LogP contribution in [0.4, 0.5) is 5.69 Å². The van der Waals surface area contributed by atoms with Crippen LogP contribution in [0, 0.1) is 0 Å². The molecule has 2 aromatic carbocycles. The van der Waals surface area contributed by atoms with Crippen molar-refractivity contribution >= 4 is 28.9 Å². The summed E-state index contributed by atoms with van der Waals surface area (Å²) < 4.78 is 16.7. The summed E-state index contributed by atoms with van der Waals surface area (Å²) in [6.07, 6.45) is -0.0506. The van der Waals surface area contributed by atoms with E-state index in [1.54, 1.807) is 17.9 Å². The summed E-state index contributed by atoms with van der Waals surface area (Å²) in [5.74, 6) is 0.720. The largest absolute Gasteiger partial charge is 0.486 e. The number of esters is 1. The van der Waals surface area contributed by atoms with Gasteiger partial charge in [-0.15, -0.1) is 11.3 Å². The smallest absolute Gasteiger partial charge is 0.349 e. The summed E-state index contributed by atoms with van der Waals surface area (Å²) in [5, 5.41) is 0. The number of hydrogen-bond acceptors (Lipinski definition) is 6. The summed E-state index contributed by atoms with van der Waals surface area (Å²) in [6, 6.07) is 17.1. The standard InChI is InChI=1S/C24H21NO5S/c1-15(23(26)25-11-10-16-4-2-3-5-18(16)25)30-24(27)22-9-8-21(31-22)17-6-7-19-20(14-17)29-13-12-28-19/h2-9,14-15H,10-13H2,1H3. The van der Waals surface area contributed by atoms with Crippen molar-refractivity contribution in [2.45, 2.75) is 19.4 Å². The quantitative estimate of drug-likeness (QED) is 0.571. The second-order valence-electron chi connectivity index (χ2n) is 7.44. The first-order valence-electron chi connectivity index (χ1n) is 10.2. The maximum atomic E-state index is 12.9. The summed E-state index contributed by atoms with van der Waals surface area (Å²) >= 11 is 1.32. The number of anilines is 1. The molecule has 7 heteroatoms. The average Bonchev–Trinajstić information content (AvgIpc) is 3.46. The molecule has 0 saturated carbocycles. The Balaban J connectivity index is 1.27. The van der Waals surface area contributed by atoms with Crippen LogP contribution in [0.3, 0.4) is 0 Å². The SMILES string of the molecule is CC(OC(=O)c1ccc(-c2ccc3c(c2)OCCO3)s1)C(=O)N1CCc2ccccc21. The van der Waals surface area contributed by atoms with Crippen LogP contribution in [0.25, 0.3) is 10.4 Å². The van der Waals surface area contributed by atoms with Gasteiger partial charge in [-0.25, -0.2) is 4.79 Å². The van der Waals surface area contributed by atoms with Crippen LogP contribution in [0.1, 0.15) is 22.2 Å². The lowest BCUT2D eigenvalue weighted by Gasteiger charge is -2.21. The minimum Gasteiger partial charge on any atom is -0.486 e. The predicted molar refractivity (Wildman–Crippen MR) is 118 cm³/mol. The van der Waals surface area contributed by atoms with Gasteiger partial charge in [0.15, 0.2) is 17.6 Å². The van der Waals surface area contributed by atoms with Crippen LogP contribution in [0.5, 0.6) is 11.5 Å². The Bertz CT molecular complexity index is 1150. The first-order valence-corrected chi connectivity index (χ1v) is 11.0. The predicted octanol–water partition coefficient (Wildman–Crippen LogP) is 4.32. The molecule has 0 aliphatic carbocycles. The Morgan fingerprint density at radius 2 is 1.84 bits per heavy atom. The highest BCUT2D eigenvalue weighted by atomic mass is 32.1. The Morgan fingerprint density at radius 1 is 1.03 bits per heavy atom. The summed E-state index contributed by atoms with van der Waals surface area (Å²) in [4.78, 5) is 28.6. The molecule has 3 heterocycles. The lowest BCUT2D eigenvalue weighted by atomic mass is 10.1. The maximum Gasteiger partial charge on any atom is 0.349 e. The van der Waals surface area contributed by atoms with Gasteiger partial charge in [0.2, 0.25) is 0 Å². The van der Waals surface area contributed by atoms with E-state index in [4.69, 9.17) is 14.2 Å². The van der Waals surface area contributed by atoms with Crippen LogP contribution in [-0.2, 0) is 16.0 Å². The summed E-state index contributed by atoms with van der Waals surface area (Å²) in [5.41, 5.74) is 2.97. The van der Waals surface area contributed by atoms with Crippen LogP contribution < -0.4 is 14.4 Å². The number of benzene rings is 2. The Morgan fingerprint density at radius 3 is 2.71 bits per heavy atom. The molecule has 0 N–H and O–H groups in total. The fourth-order valence-electron chi connectivity index (χ4n) is 3.86. The van der Waals surface area contributed by atoms with Gasteiger partial charge in [0.1, 0.15) is 18.1 Å². The number of para-hydroxylation sites is 1. The normalized spacial score (nSPS) is 15.3. The number of rotatable bonds is 4. The number of ether oxygens (including phenoxy) is 3. The summed E-state index contributed by atoms with van der Waals surface area (Å²) in [7, 11) is 0. The van der Waals surface area contributed by atoms with Crippen molar-refractivity contribution in [3.63, 3.8) is 0 Å². The van der Waals surface area contributed by atoms with Gasteiger partial charge in [0.25, 0.3) is 5.91 Å². The van der Waals surface area contributed by atoms with Gasteiger partial charge in [0, 0.05) is 17.1 Å². The van der Waals surface area contributed by atoms with Crippen molar-refractivity contribution in [3.05, 3.63) is 65.0 Å². The second-order valence-corrected chi connectivity index (χ2v) is 8.52. The molecule has 1 amide bonds. The second kappa shape index (κ2) is 8.07. The number of amides is 1. The highest BCUT2D eigenvalue weighted by Crippen LogP contribution is 2.37. The lowest BCUT2D eigenvalue weighted by Crippen LogP contribution is -2.39. The molecule has 31 heavy (non-hydrogen) atoms. The highest BCUT2D eigenvalue weighted by molar-refractivity contribution is 7.17. The fraction of sp³-hybridized carbons (Fsp3) is 0.250. The lowest BCUT2D eigenvalue weighted by molar-refractivity contribution is -0.126. The molecule has 0 spiro atoms. The van der Waals surface area contributed by atoms with E-state index in [0.29, 0.717) is 30.4 Å². The molecule has 5 rings (SSSR count). The molecule has 0 radical (unpaired) electrons. The van der Waals surface area contributed by atoms with Crippen molar-refractivity contribution in [1.29, 1.82) is 0 Å². The number of carbonyl (C=O) groups is 2. The molecule has 0 fully saturated rings. The Hall–Kier alpha value is -3.32. The molecule has 6 nitrogen and oxygen atoms in total. The van der Waals surface area contributed by atoms with Gasteiger partial charge in [-0.2, -0.15) is 0 Å². The van der Waals surface area contributed by atoms with Crippen molar-refractivity contribution in [2.75, 3.05) is 24.7 Å². The molecule has 0 saturated heterocycles. The van der Waals surface area contributed by atoms with E-state index in [1.807, 2.05) is 48.5 Å². The number of fused-ring (bicyclic) bond motifs is 2. The Kier molecular flexibility index (Phi) is 5.11. The van der Waals surface area contributed by atoms with E-state index in [-0.39, 0.29) is 5.91 Å². The van der Waals surface area contributed by atoms with Crippen molar-refractivity contribution < 1.29 is 23.8 Å². The number of thiophene rings is 1. The maximum absolute atomic E-state index is 12.9. The number of nitrogens with zero attached hydrogens (tertiary/aromatic N) is 1. The fourth-order valence-corrected chi connectivity index (χ4v) is 4.74. The Labute approximate surface area is 184 Å². The zero-order chi connectivity index (χ0) is 21.4. The van der Waals surface area contributed by atoms with Crippen LogP contribution in [0.2, 0.25) is 0 Å². The number of hydrogen-bond donors (Lipinski definition) is 0. The zero-order valence-electron chi connectivity index (χ0n) is 17.0. The number of carbonyl (C=O) groups excluding carboxylic acids is 2. The minimum absolute atomic E-state index is 0.207. The van der Waals surface area contributed by atoms with E-state index in [2.05, 4.69) is 0 Å². The van der Waals surface area contributed by atoms with E-state index in [1.165, 1.54) is 11.3 Å². The van der Waals surface area contributed by atoms with Crippen LogP contribution in [0.15, 0.2) is 54.6 Å². The third-order valence-electron chi connectivity index (χ3n) is 5.42. The monoisotopic (exact) mass is 435 g/mol. The zero-order valence-corrected chi connectivity index (χ0v) is 17.8. The molecule has 158 valence electrons. The average molecular weight is 436 g/mol. The van der Waals surface area contributed by atoms with Gasteiger partial charge < -0.3 is 19.1 Å². The highest BCUT2D eigenvalue weighted by Gasteiger charge is 2.30. The summed E-state index contributed by atoms with van der Waals surface area (Å²) in [6.45, 7) is 3.29. The molecule has 1 aromatic heterocycles. The van der Waals surface area contributed by atoms with E-state index in [9.17, 15) is 9.59 Å². The molecule has 1 atom stereocenters. The van der Waals surface area contributed by atoms with E-state index in [0.717, 1.165) is 33.9 Å². The molecule has 2 aliphatic rings.